The van der Waals surface area contributed by atoms with Gasteiger partial charge in [0.25, 0.3) is 0 Å². The molecule has 0 aromatic heterocycles. The molecule has 4 heteroatoms. The average molecular weight is 239 g/mol. The Labute approximate surface area is 102 Å². The molecule has 0 aliphatic heterocycles. The van der Waals surface area contributed by atoms with Gasteiger partial charge in [0.15, 0.2) is 0 Å². The lowest BCUT2D eigenvalue weighted by molar-refractivity contribution is 0.122. The Bertz CT molecular complexity index is 330. The number of ether oxygens (including phenoxy) is 1. The summed E-state index contributed by atoms with van der Waals surface area (Å²) >= 11 is 0. The first-order chi connectivity index (χ1) is 8.22. The molecule has 0 amide bonds. The minimum atomic E-state index is -0.596. The molecule has 1 rings (SSSR count). The zero-order chi connectivity index (χ0) is 12.7. The van der Waals surface area contributed by atoms with E-state index in [1.54, 1.807) is 7.11 Å². The number of hydrogen-bond acceptors (Lipinski definition) is 4. The summed E-state index contributed by atoms with van der Waals surface area (Å²) in [5.41, 5.74) is 0.821. The number of aliphatic hydroxyl groups excluding tert-OH is 2. The summed E-state index contributed by atoms with van der Waals surface area (Å²) in [5, 5.41) is 22.1. The van der Waals surface area contributed by atoms with Gasteiger partial charge < -0.3 is 20.3 Å². The van der Waals surface area contributed by atoms with Crippen LogP contribution in [0.2, 0.25) is 0 Å². The fourth-order valence-corrected chi connectivity index (χ4v) is 1.79. The van der Waals surface area contributed by atoms with E-state index in [1.165, 1.54) is 0 Å². The predicted molar refractivity (Wildman–Crippen MR) is 67.1 cm³/mol. The second-order valence-electron chi connectivity index (χ2n) is 3.91. The van der Waals surface area contributed by atoms with Crippen molar-refractivity contribution in [3.63, 3.8) is 0 Å². The van der Waals surface area contributed by atoms with E-state index in [-0.39, 0.29) is 12.6 Å². The normalized spacial score (nSPS) is 14.4. The average Bonchev–Trinajstić information content (AvgIpc) is 2.39. The maximum absolute atomic E-state index is 10.2. The lowest BCUT2D eigenvalue weighted by Crippen LogP contribution is -2.36. The molecule has 3 N–H and O–H groups in total. The Kier molecular flexibility index (Phi) is 5.97. The van der Waals surface area contributed by atoms with Crippen molar-refractivity contribution < 1.29 is 14.9 Å². The van der Waals surface area contributed by atoms with E-state index < -0.39 is 6.10 Å². The van der Waals surface area contributed by atoms with Crippen molar-refractivity contribution in [2.75, 3.05) is 20.3 Å². The molecule has 0 aliphatic carbocycles. The van der Waals surface area contributed by atoms with Crippen LogP contribution in [0.5, 0.6) is 5.75 Å². The monoisotopic (exact) mass is 239 g/mol. The molecule has 4 nitrogen and oxygen atoms in total. The Morgan fingerprint density at radius 2 is 2.18 bits per heavy atom. The summed E-state index contributed by atoms with van der Waals surface area (Å²) in [6, 6.07) is 7.34. The van der Waals surface area contributed by atoms with Gasteiger partial charge in [-0.1, -0.05) is 19.1 Å². The standard InChI is InChI=1S/C13H21NO3/c1-3-12(14-7-8-15)13(16)10-5-4-6-11(9-10)17-2/h4-6,9,12-16H,3,7-8H2,1-2H3. The fourth-order valence-electron chi connectivity index (χ4n) is 1.79. The number of rotatable bonds is 7. The van der Waals surface area contributed by atoms with Crippen LogP contribution in [-0.4, -0.2) is 36.5 Å². The predicted octanol–water partition coefficient (Wildman–Crippen LogP) is 1.09. The van der Waals surface area contributed by atoms with Gasteiger partial charge in [0, 0.05) is 12.6 Å². The molecular formula is C13H21NO3. The van der Waals surface area contributed by atoms with Gasteiger partial charge in [-0.2, -0.15) is 0 Å². The van der Waals surface area contributed by atoms with Crippen LogP contribution in [-0.2, 0) is 0 Å². The number of aliphatic hydroxyl groups is 2. The van der Waals surface area contributed by atoms with Gasteiger partial charge in [-0.15, -0.1) is 0 Å². The van der Waals surface area contributed by atoms with E-state index in [1.807, 2.05) is 31.2 Å². The van der Waals surface area contributed by atoms with Crippen molar-refractivity contribution >= 4 is 0 Å². The molecule has 2 atom stereocenters. The highest BCUT2D eigenvalue weighted by Crippen LogP contribution is 2.22. The van der Waals surface area contributed by atoms with E-state index in [2.05, 4.69) is 5.32 Å². The van der Waals surface area contributed by atoms with Crippen molar-refractivity contribution in [1.29, 1.82) is 0 Å². The summed E-state index contributed by atoms with van der Waals surface area (Å²) in [4.78, 5) is 0. The van der Waals surface area contributed by atoms with E-state index in [9.17, 15) is 5.11 Å². The summed E-state index contributed by atoms with van der Waals surface area (Å²) in [7, 11) is 1.60. The first-order valence-corrected chi connectivity index (χ1v) is 5.89. The zero-order valence-corrected chi connectivity index (χ0v) is 10.4. The van der Waals surface area contributed by atoms with Gasteiger partial charge in [0.1, 0.15) is 5.75 Å². The van der Waals surface area contributed by atoms with Crippen molar-refractivity contribution in [3.05, 3.63) is 29.8 Å². The second kappa shape index (κ2) is 7.27. The van der Waals surface area contributed by atoms with Crippen LogP contribution in [0.1, 0.15) is 25.0 Å². The van der Waals surface area contributed by atoms with E-state index in [0.717, 1.165) is 17.7 Å². The molecule has 2 unspecified atom stereocenters. The molecular weight excluding hydrogens is 218 g/mol. The highest BCUT2D eigenvalue weighted by molar-refractivity contribution is 5.30. The van der Waals surface area contributed by atoms with Crippen molar-refractivity contribution in [2.45, 2.75) is 25.5 Å². The molecule has 1 aromatic rings. The number of methoxy groups -OCH3 is 1. The highest BCUT2D eigenvalue weighted by atomic mass is 16.5. The third-order valence-corrected chi connectivity index (χ3v) is 2.77. The van der Waals surface area contributed by atoms with Gasteiger partial charge in [0.05, 0.1) is 19.8 Å². The van der Waals surface area contributed by atoms with Crippen LogP contribution in [0.25, 0.3) is 0 Å². The van der Waals surface area contributed by atoms with E-state index in [0.29, 0.717) is 6.54 Å². The molecule has 0 fully saturated rings. The lowest BCUT2D eigenvalue weighted by atomic mass is 10.00. The summed E-state index contributed by atoms with van der Waals surface area (Å²) in [6.07, 6.45) is 0.194. The number of benzene rings is 1. The smallest absolute Gasteiger partial charge is 0.119 e. The lowest BCUT2D eigenvalue weighted by Gasteiger charge is -2.23. The van der Waals surface area contributed by atoms with Crippen molar-refractivity contribution in [1.82, 2.24) is 5.32 Å². The zero-order valence-electron chi connectivity index (χ0n) is 10.4. The molecule has 0 aliphatic rings. The minimum absolute atomic E-state index is 0.0609. The van der Waals surface area contributed by atoms with Crippen LogP contribution in [0.15, 0.2) is 24.3 Å². The Morgan fingerprint density at radius 1 is 1.41 bits per heavy atom. The van der Waals surface area contributed by atoms with Crippen LogP contribution in [0.4, 0.5) is 0 Å². The van der Waals surface area contributed by atoms with Gasteiger partial charge in [0.2, 0.25) is 0 Å². The summed E-state index contributed by atoms with van der Waals surface area (Å²) in [5.74, 6) is 0.735. The summed E-state index contributed by atoms with van der Waals surface area (Å²) < 4.78 is 5.13. The van der Waals surface area contributed by atoms with Gasteiger partial charge in [-0.3, -0.25) is 0 Å². The molecule has 0 spiro atoms. The maximum Gasteiger partial charge on any atom is 0.119 e. The van der Waals surface area contributed by atoms with E-state index >= 15 is 0 Å². The quantitative estimate of drug-likeness (QED) is 0.666. The van der Waals surface area contributed by atoms with Crippen LogP contribution >= 0.6 is 0 Å². The first-order valence-electron chi connectivity index (χ1n) is 5.89. The molecule has 17 heavy (non-hydrogen) atoms. The molecule has 0 bridgehead atoms. The topological polar surface area (TPSA) is 61.7 Å². The number of hydrogen-bond donors (Lipinski definition) is 3. The Hall–Kier alpha value is -1.10. The van der Waals surface area contributed by atoms with E-state index in [4.69, 9.17) is 9.84 Å². The van der Waals surface area contributed by atoms with Gasteiger partial charge in [-0.05, 0) is 24.1 Å². The van der Waals surface area contributed by atoms with Crippen molar-refractivity contribution in [2.24, 2.45) is 0 Å². The molecule has 0 radical (unpaired) electrons. The molecule has 1 aromatic carbocycles. The van der Waals surface area contributed by atoms with Gasteiger partial charge in [-0.25, -0.2) is 0 Å². The minimum Gasteiger partial charge on any atom is -0.497 e. The Balaban J connectivity index is 2.74. The third kappa shape index (κ3) is 4.00. The Morgan fingerprint density at radius 3 is 2.76 bits per heavy atom. The van der Waals surface area contributed by atoms with Crippen LogP contribution < -0.4 is 10.1 Å². The maximum atomic E-state index is 10.2. The van der Waals surface area contributed by atoms with Crippen molar-refractivity contribution in [3.8, 4) is 5.75 Å². The third-order valence-electron chi connectivity index (χ3n) is 2.77. The molecule has 0 heterocycles. The molecule has 96 valence electrons. The summed E-state index contributed by atoms with van der Waals surface area (Å²) in [6.45, 7) is 2.55. The second-order valence-corrected chi connectivity index (χ2v) is 3.91. The van der Waals surface area contributed by atoms with Crippen LogP contribution in [0, 0.1) is 0 Å². The number of nitrogens with one attached hydrogen (secondary N) is 1. The van der Waals surface area contributed by atoms with Crippen LogP contribution in [0.3, 0.4) is 0 Å². The first kappa shape index (κ1) is 14.0. The largest absolute Gasteiger partial charge is 0.497 e. The highest BCUT2D eigenvalue weighted by Gasteiger charge is 2.18. The molecule has 0 saturated heterocycles. The fraction of sp³-hybridized carbons (Fsp3) is 0.538. The van der Waals surface area contributed by atoms with Gasteiger partial charge >= 0.3 is 0 Å². The molecule has 0 saturated carbocycles. The SMILES string of the molecule is CCC(NCCO)C(O)c1cccc(OC)c1.